The van der Waals surface area contributed by atoms with Crippen molar-refractivity contribution in [2.45, 2.75) is 6.04 Å². The predicted octanol–water partition coefficient (Wildman–Crippen LogP) is 1.17. The summed E-state index contributed by atoms with van der Waals surface area (Å²) < 4.78 is 5.53. The molecule has 90 valence electrons. The van der Waals surface area contributed by atoms with E-state index in [1.54, 1.807) is 10.9 Å². The zero-order valence-electron chi connectivity index (χ0n) is 9.34. The van der Waals surface area contributed by atoms with Crippen LogP contribution in [0.3, 0.4) is 0 Å². The molecule has 6 nitrogen and oxygen atoms in total. The maximum absolute atomic E-state index is 6.15. The van der Waals surface area contributed by atoms with E-state index in [0.29, 0.717) is 0 Å². The number of nitrogens with zero attached hydrogens (tertiary/aromatic N) is 5. The Hall–Kier alpha value is -2.12. The minimum absolute atomic E-state index is 0.376. The van der Waals surface area contributed by atoms with Gasteiger partial charge in [-0.3, -0.25) is 0 Å². The molecule has 0 amide bonds. The van der Waals surface area contributed by atoms with E-state index in [0.717, 1.165) is 17.1 Å². The molecule has 3 rings (SSSR count). The van der Waals surface area contributed by atoms with Gasteiger partial charge in [0.25, 0.3) is 0 Å². The van der Waals surface area contributed by atoms with E-state index in [4.69, 9.17) is 5.73 Å². The smallest absolute Gasteiger partial charge is 0.0984 e. The lowest BCUT2D eigenvalue weighted by atomic mass is 10.2. The third-order valence-electron chi connectivity index (χ3n) is 2.59. The molecular weight excluding hydrogens is 248 g/mol. The second kappa shape index (κ2) is 4.63. The van der Waals surface area contributed by atoms with Crippen molar-refractivity contribution in [2.24, 2.45) is 5.73 Å². The van der Waals surface area contributed by atoms with Crippen LogP contribution in [0.1, 0.15) is 17.4 Å². The van der Waals surface area contributed by atoms with Crippen molar-refractivity contribution in [3.05, 3.63) is 53.3 Å². The molecule has 0 radical (unpaired) electrons. The lowest BCUT2D eigenvalue weighted by Crippen LogP contribution is -2.17. The van der Waals surface area contributed by atoms with E-state index in [2.05, 4.69) is 19.9 Å². The summed E-state index contributed by atoms with van der Waals surface area (Å²) in [4.78, 5) is 0. The van der Waals surface area contributed by atoms with Gasteiger partial charge in [0.1, 0.15) is 0 Å². The van der Waals surface area contributed by atoms with Gasteiger partial charge in [0.05, 0.1) is 29.3 Å². The lowest BCUT2D eigenvalue weighted by Gasteiger charge is -2.10. The number of hydrogen-bond donors (Lipinski definition) is 1. The molecule has 0 fully saturated rings. The Morgan fingerprint density at radius 2 is 2.06 bits per heavy atom. The van der Waals surface area contributed by atoms with Gasteiger partial charge in [-0.25, -0.2) is 4.68 Å². The van der Waals surface area contributed by atoms with Crippen molar-refractivity contribution in [2.75, 3.05) is 0 Å². The van der Waals surface area contributed by atoms with Gasteiger partial charge in [0.2, 0.25) is 0 Å². The molecule has 1 atom stereocenters. The second-order valence-electron chi connectivity index (χ2n) is 3.71. The molecule has 0 saturated carbocycles. The second-order valence-corrected chi connectivity index (χ2v) is 4.32. The molecule has 0 spiro atoms. The summed E-state index contributed by atoms with van der Waals surface area (Å²) in [5.41, 5.74) is 8.57. The first kappa shape index (κ1) is 11.0. The minimum Gasteiger partial charge on any atom is -0.318 e. The van der Waals surface area contributed by atoms with Gasteiger partial charge in [-0.05, 0) is 23.7 Å². The fraction of sp³-hybridized carbons (Fsp3) is 0.0909. The van der Waals surface area contributed by atoms with Crippen LogP contribution >= 0.6 is 11.5 Å². The van der Waals surface area contributed by atoms with Gasteiger partial charge in [-0.15, -0.1) is 10.2 Å². The Bertz CT molecular complexity index is 618. The van der Waals surface area contributed by atoms with Crippen LogP contribution in [0.2, 0.25) is 0 Å². The van der Waals surface area contributed by atoms with Gasteiger partial charge in [0, 0.05) is 5.38 Å². The van der Waals surface area contributed by atoms with Crippen molar-refractivity contribution >= 4 is 11.5 Å². The van der Waals surface area contributed by atoms with Gasteiger partial charge in [-0.1, -0.05) is 27.9 Å². The fourth-order valence-electron chi connectivity index (χ4n) is 1.68. The first-order chi connectivity index (χ1) is 8.86. The molecule has 2 heterocycles. The van der Waals surface area contributed by atoms with Crippen LogP contribution in [0.15, 0.2) is 41.9 Å². The normalized spacial score (nSPS) is 12.5. The predicted molar refractivity (Wildman–Crippen MR) is 67.3 cm³/mol. The standard InChI is InChI=1S/C11H10N6S/c12-11(9-7-18-16-14-9)10-6-13-15-17(10)8-4-2-1-3-5-8/h1-7,11H,12H2. The molecule has 2 aromatic heterocycles. The number of nitrogens with two attached hydrogens (primary N) is 1. The van der Waals surface area contributed by atoms with Gasteiger partial charge >= 0.3 is 0 Å². The van der Waals surface area contributed by atoms with Crippen molar-refractivity contribution in [3.63, 3.8) is 0 Å². The molecule has 1 unspecified atom stereocenters. The Morgan fingerprint density at radius 3 is 2.78 bits per heavy atom. The van der Waals surface area contributed by atoms with Gasteiger partial charge < -0.3 is 5.73 Å². The van der Waals surface area contributed by atoms with E-state index in [9.17, 15) is 0 Å². The number of benzene rings is 1. The molecule has 3 aromatic rings. The van der Waals surface area contributed by atoms with Crippen LogP contribution < -0.4 is 5.73 Å². The molecule has 7 heteroatoms. The first-order valence-electron chi connectivity index (χ1n) is 5.35. The maximum Gasteiger partial charge on any atom is 0.0984 e. The van der Waals surface area contributed by atoms with E-state index in [-0.39, 0.29) is 6.04 Å². The lowest BCUT2D eigenvalue weighted by molar-refractivity contribution is 0.705. The molecule has 18 heavy (non-hydrogen) atoms. The van der Waals surface area contributed by atoms with Crippen LogP contribution in [-0.2, 0) is 0 Å². The molecule has 0 bridgehead atoms. The molecule has 0 aliphatic heterocycles. The Balaban J connectivity index is 2.02. The third-order valence-corrected chi connectivity index (χ3v) is 3.11. The summed E-state index contributed by atoms with van der Waals surface area (Å²) in [6.45, 7) is 0. The Labute approximate surface area is 107 Å². The summed E-state index contributed by atoms with van der Waals surface area (Å²) in [6, 6.07) is 9.35. The number of hydrogen-bond acceptors (Lipinski definition) is 6. The summed E-state index contributed by atoms with van der Waals surface area (Å²) in [5.74, 6) is 0. The number of aromatic nitrogens is 5. The van der Waals surface area contributed by atoms with Crippen LogP contribution in [0.5, 0.6) is 0 Å². The van der Waals surface area contributed by atoms with Crippen LogP contribution in [-0.4, -0.2) is 24.6 Å². The summed E-state index contributed by atoms with van der Waals surface area (Å²) in [5, 5.41) is 13.8. The van der Waals surface area contributed by atoms with Crippen molar-refractivity contribution in [1.82, 2.24) is 24.6 Å². The Kier molecular flexibility index (Phi) is 2.83. The van der Waals surface area contributed by atoms with E-state index in [1.807, 2.05) is 35.7 Å². The highest BCUT2D eigenvalue weighted by atomic mass is 32.1. The SMILES string of the molecule is NC(c1csnn1)c1cnnn1-c1ccccc1. The largest absolute Gasteiger partial charge is 0.318 e. The quantitative estimate of drug-likeness (QED) is 0.762. The summed E-state index contributed by atoms with van der Waals surface area (Å²) in [7, 11) is 0. The molecule has 0 aliphatic rings. The van der Waals surface area contributed by atoms with Crippen molar-refractivity contribution < 1.29 is 0 Å². The van der Waals surface area contributed by atoms with E-state index in [1.165, 1.54) is 11.5 Å². The van der Waals surface area contributed by atoms with Crippen LogP contribution in [0, 0.1) is 0 Å². The molecule has 0 aliphatic carbocycles. The topological polar surface area (TPSA) is 82.5 Å². The highest BCUT2D eigenvalue weighted by molar-refractivity contribution is 7.03. The average molecular weight is 258 g/mol. The van der Waals surface area contributed by atoms with Gasteiger partial charge in [-0.2, -0.15) is 0 Å². The van der Waals surface area contributed by atoms with Crippen molar-refractivity contribution in [1.29, 1.82) is 0 Å². The highest BCUT2D eigenvalue weighted by Crippen LogP contribution is 2.19. The number of para-hydroxylation sites is 1. The zero-order valence-corrected chi connectivity index (χ0v) is 10.2. The molecular formula is C11H10N6S. The van der Waals surface area contributed by atoms with E-state index < -0.39 is 0 Å². The maximum atomic E-state index is 6.15. The Morgan fingerprint density at radius 1 is 1.22 bits per heavy atom. The monoisotopic (exact) mass is 258 g/mol. The van der Waals surface area contributed by atoms with Crippen molar-refractivity contribution in [3.8, 4) is 5.69 Å². The van der Waals surface area contributed by atoms with Crippen LogP contribution in [0.25, 0.3) is 5.69 Å². The molecule has 0 saturated heterocycles. The first-order valence-corrected chi connectivity index (χ1v) is 6.18. The van der Waals surface area contributed by atoms with Crippen LogP contribution in [0.4, 0.5) is 0 Å². The molecule has 2 N–H and O–H groups in total. The minimum atomic E-state index is -0.376. The van der Waals surface area contributed by atoms with E-state index >= 15 is 0 Å². The van der Waals surface area contributed by atoms with Gasteiger partial charge in [0.15, 0.2) is 0 Å². The number of rotatable bonds is 3. The fourth-order valence-corrected chi connectivity index (χ4v) is 2.17. The highest BCUT2D eigenvalue weighted by Gasteiger charge is 2.18. The third kappa shape index (κ3) is 1.89. The zero-order chi connectivity index (χ0) is 12.4. The summed E-state index contributed by atoms with van der Waals surface area (Å²) in [6.07, 6.45) is 1.65. The molecule has 1 aromatic carbocycles. The summed E-state index contributed by atoms with van der Waals surface area (Å²) >= 11 is 1.28. The average Bonchev–Trinajstić information content (AvgIpc) is 3.10.